The van der Waals surface area contributed by atoms with Crippen LogP contribution in [0.5, 0.6) is 0 Å². The zero-order chi connectivity index (χ0) is 16.3. The van der Waals surface area contributed by atoms with Gasteiger partial charge in [-0.15, -0.1) is 0 Å². The van der Waals surface area contributed by atoms with E-state index in [1.54, 1.807) is 0 Å². The van der Waals surface area contributed by atoms with Crippen LogP contribution in [0.3, 0.4) is 0 Å². The van der Waals surface area contributed by atoms with Gasteiger partial charge in [0.15, 0.2) is 0 Å². The van der Waals surface area contributed by atoms with E-state index in [0.29, 0.717) is 12.3 Å². The Morgan fingerprint density at radius 1 is 1.05 bits per heavy atom. The molecule has 0 unspecified atom stereocenters. The van der Waals surface area contributed by atoms with Crippen molar-refractivity contribution >= 4 is 5.91 Å². The number of aryl methyl sites for hydroxylation is 2. The normalized spacial score (nSPS) is 16.9. The third-order valence-electron chi connectivity index (χ3n) is 4.38. The maximum absolute atomic E-state index is 12.3. The zero-order valence-electron chi connectivity index (χ0n) is 14.8. The second kappa shape index (κ2) is 6.82. The largest absolute Gasteiger partial charge is 0.340 e. The van der Waals surface area contributed by atoms with Gasteiger partial charge in [0.2, 0.25) is 5.91 Å². The summed E-state index contributed by atoms with van der Waals surface area (Å²) in [4.78, 5) is 16.7. The molecule has 1 fully saturated rings. The molecule has 122 valence electrons. The summed E-state index contributed by atoms with van der Waals surface area (Å²) in [6.45, 7) is 15.4. The van der Waals surface area contributed by atoms with Crippen LogP contribution >= 0.6 is 0 Å². The fourth-order valence-corrected chi connectivity index (χ4v) is 2.88. The van der Waals surface area contributed by atoms with Gasteiger partial charge in [-0.3, -0.25) is 9.69 Å². The molecule has 1 saturated heterocycles. The summed E-state index contributed by atoms with van der Waals surface area (Å²) in [5.41, 5.74) is 4.16. The van der Waals surface area contributed by atoms with Crippen molar-refractivity contribution < 1.29 is 4.79 Å². The van der Waals surface area contributed by atoms with Gasteiger partial charge in [-0.25, -0.2) is 0 Å². The lowest BCUT2D eigenvalue weighted by Crippen LogP contribution is -2.48. The van der Waals surface area contributed by atoms with Crippen LogP contribution in [0.15, 0.2) is 18.2 Å². The van der Waals surface area contributed by atoms with E-state index in [4.69, 9.17) is 0 Å². The molecule has 1 heterocycles. The van der Waals surface area contributed by atoms with Crippen molar-refractivity contribution in [1.29, 1.82) is 0 Å². The van der Waals surface area contributed by atoms with Gasteiger partial charge < -0.3 is 4.90 Å². The fourth-order valence-electron chi connectivity index (χ4n) is 2.88. The summed E-state index contributed by atoms with van der Waals surface area (Å²) in [6.07, 6.45) is 0.643. The Morgan fingerprint density at radius 3 is 2.23 bits per heavy atom. The lowest BCUT2D eigenvalue weighted by Gasteiger charge is -2.36. The van der Waals surface area contributed by atoms with Gasteiger partial charge in [0.05, 0.1) is 0 Å². The molecule has 1 aliphatic heterocycles. The molecule has 0 saturated carbocycles. The molecule has 0 N–H and O–H groups in total. The predicted octanol–water partition coefficient (Wildman–Crippen LogP) is 3.38. The van der Waals surface area contributed by atoms with E-state index >= 15 is 0 Å². The number of hydrogen-bond donors (Lipinski definition) is 0. The number of rotatable bonds is 3. The number of carbonyl (C=O) groups excluding carboxylic acids is 1. The minimum Gasteiger partial charge on any atom is -0.340 e. The Balaban J connectivity index is 1.84. The molecule has 2 rings (SSSR count). The minimum atomic E-state index is 0.0770. The molecular formula is C19H30N2O. The highest BCUT2D eigenvalue weighted by Crippen LogP contribution is 2.20. The molecule has 1 aromatic carbocycles. The van der Waals surface area contributed by atoms with Gasteiger partial charge in [0.1, 0.15) is 0 Å². The Hall–Kier alpha value is -1.35. The quantitative estimate of drug-likeness (QED) is 0.854. The smallest absolute Gasteiger partial charge is 0.223 e. The van der Waals surface area contributed by atoms with Gasteiger partial charge >= 0.3 is 0 Å². The first-order valence-corrected chi connectivity index (χ1v) is 8.31. The number of piperazine rings is 1. The summed E-state index contributed by atoms with van der Waals surface area (Å²) < 4.78 is 0. The second-order valence-electron chi connectivity index (χ2n) is 7.81. The first kappa shape index (κ1) is 17.0. The van der Waals surface area contributed by atoms with Crippen molar-refractivity contribution in [2.45, 2.75) is 47.6 Å². The van der Waals surface area contributed by atoms with Crippen LogP contribution in [0, 0.1) is 19.3 Å². The third kappa shape index (κ3) is 4.84. The van der Waals surface area contributed by atoms with Gasteiger partial charge in [-0.2, -0.15) is 0 Å². The zero-order valence-corrected chi connectivity index (χ0v) is 14.8. The standard InChI is InChI=1S/C19H30N2O/c1-15-6-7-17(12-16(15)2)14-20-8-10-21(11-9-20)18(22)13-19(3,4)5/h6-7,12H,8-11,13-14H2,1-5H3. The van der Waals surface area contributed by atoms with E-state index in [1.807, 2.05) is 4.90 Å². The molecule has 3 nitrogen and oxygen atoms in total. The monoisotopic (exact) mass is 302 g/mol. The van der Waals surface area contributed by atoms with E-state index < -0.39 is 0 Å². The van der Waals surface area contributed by atoms with Gasteiger partial charge in [-0.1, -0.05) is 39.0 Å². The van der Waals surface area contributed by atoms with Crippen LogP contribution in [-0.4, -0.2) is 41.9 Å². The number of hydrogen-bond acceptors (Lipinski definition) is 2. The van der Waals surface area contributed by atoms with Gasteiger partial charge in [-0.05, 0) is 36.0 Å². The van der Waals surface area contributed by atoms with Crippen molar-refractivity contribution in [3.63, 3.8) is 0 Å². The summed E-state index contributed by atoms with van der Waals surface area (Å²) >= 11 is 0. The molecule has 0 spiro atoms. The molecule has 0 radical (unpaired) electrons. The SMILES string of the molecule is Cc1ccc(CN2CCN(C(=O)CC(C)(C)C)CC2)cc1C. The van der Waals surface area contributed by atoms with Crippen molar-refractivity contribution in [1.82, 2.24) is 9.80 Å². The molecule has 0 bridgehead atoms. The molecule has 0 aromatic heterocycles. The average molecular weight is 302 g/mol. The lowest BCUT2D eigenvalue weighted by atomic mass is 9.91. The van der Waals surface area contributed by atoms with Crippen LogP contribution < -0.4 is 0 Å². The van der Waals surface area contributed by atoms with Crippen molar-refractivity contribution in [2.24, 2.45) is 5.41 Å². The topological polar surface area (TPSA) is 23.6 Å². The maximum atomic E-state index is 12.3. The first-order chi connectivity index (χ1) is 10.2. The summed E-state index contributed by atoms with van der Waals surface area (Å²) in [5.74, 6) is 0.304. The van der Waals surface area contributed by atoms with Gasteiger partial charge in [0, 0.05) is 39.1 Å². The Labute approximate surface area is 135 Å². The molecule has 1 amide bonds. The third-order valence-corrected chi connectivity index (χ3v) is 4.38. The lowest BCUT2D eigenvalue weighted by molar-refractivity contribution is -0.134. The summed E-state index contributed by atoms with van der Waals surface area (Å²) in [5, 5.41) is 0. The first-order valence-electron chi connectivity index (χ1n) is 8.31. The van der Waals surface area contributed by atoms with E-state index in [9.17, 15) is 4.79 Å². The van der Waals surface area contributed by atoms with Crippen LogP contribution in [-0.2, 0) is 11.3 Å². The van der Waals surface area contributed by atoms with Crippen molar-refractivity contribution in [2.75, 3.05) is 26.2 Å². The average Bonchev–Trinajstić information content (AvgIpc) is 2.42. The minimum absolute atomic E-state index is 0.0770. The van der Waals surface area contributed by atoms with E-state index in [2.05, 4.69) is 57.7 Å². The number of carbonyl (C=O) groups is 1. The Kier molecular flexibility index (Phi) is 5.28. The van der Waals surface area contributed by atoms with E-state index in [-0.39, 0.29) is 5.41 Å². The second-order valence-corrected chi connectivity index (χ2v) is 7.81. The molecule has 0 aliphatic carbocycles. The van der Waals surface area contributed by atoms with Crippen molar-refractivity contribution in [3.8, 4) is 0 Å². The van der Waals surface area contributed by atoms with Crippen LogP contribution in [0.1, 0.15) is 43.9 Å². The van der Waals surface area contributed by atoms with Crippen LogP contribution in [0.25, 0.3) is 0 Å². The summed E-state index contributed by atoms with van der Waals surface area (Å²) in [7, 11) is 0. The Bertz CT molecular complexity index is 523. The Morgan fingerprint density at radius 2 is 1.68 bits per heavy atom. The molecule has 0 atom stereocenters. The molecule has 1 aliphatic rings. The highest BCUT2D eigenvalue weighted by molar-refractivity contribution is 5.76. The highest BCUT2D eigenvalue weighted by atomic mass is 16.2. The number of nitrogens with zero attached hydrogens (tertiary/aromatic N) is 2. The maximum Gasteiger partial charge on any atom is 0.223 e. The van der Waals surface area contributed by atoms with Gasteiger partial charge in [0.25, 0.3) is 0 Å². The molecule has 3 heteroatoms. The van der Waals surface area contributed by atoms with Crippen molar-refractivity contribution in [3.05, 3.63) is 34.9 Å². The predicted molar refractivity (Wildman–Crippen MR) is 91.8 cm³/mol. The molecular weight excluding hydrogens is 272 g/mol. The molecule has 1 aromatic rings. The van der Waals surface area contributed by atoms with E-state index in [0.717, 1.165) is 32.7 Å². The van der Waals surface area contributed by atoms with E-state index in [1.165, 1.54) is 16.7 Å². The number of amides is 1. The summed E-state index contributed by atoms with van der Waals surface area (Å²) in [6, 6.07) is 6.71. The fraction of sp³-hybridized carbons (Fsp3) is 0.632. The van der Waals surface area contributed by atoms with Crippen LogP contribution in [0.4, 0.5) is 0 Å². The van der Waals surface area contributed by atoms with Crippen LogP contribution in [0.2, 0.25) is 0 Å². The number of benzene rings is 1. The molecule has 22 heavy (non-hydrogen) atoms. The highest BCUT2D eigenvalue weighted by Gasteiger charge is 2.24.